The lowest BCUT2D eigenvalue weighted by Gasteiger charge is -2.26. The number of rotatable bonds is 8. The normalized spacial score (nSPS) is 19.8. The first kappa shape index (κ1) is 17.1. The Hall–Kier alpha value is -1.28. The summed E-state index contributed by atoms with van der Waals surface area (Å²) >= 11 is 0. The lowest BCUT2D eigenvalue weighted by molar-refractivity contribution is 0.405. The lowest BCUT2D eigenvalue weighted by Crippen LogP contribution is -2.25. The van der Waals surface area contributed by atoms with Gasteiger partial charge in [0.2, 0.25) is 0 Å². The van der Waals surface area contributed by atoms with Gasteiger partial charge in [-0.15, -0.1) is 0 Å². The maximum atomic E-state index is 3.63. The van der Waals surface area contributed by atoms with Crippen molar-refractivity contribution in [3.05, 3.63) is 42.0 Å². The van der Waals surface area contributed by atoms with Crippen LogP contribution in [0.15, 0.2) is 42.0 Å². The van der Waals surface area contributed by atoms with Gasteiger partial charge in [-0.05, 0) is 63.6 Å². The molecule has 22 heavy (non-hydrogen) atoms. The van der Waals surface area contributed by atoms with Crippen LogP contribution in [0.3, 0.4) is 0 Å². The lowest BCUT2D eigenvalue weighted by atomic mass is 9.83. The summed E-state index contributed by atoms with van der Waals surface area (Å²) < 4.78 is 0. The van der Waals surface area contributed by atoms with Crippen molar-refractivity contribution in [1.29, 1.82) is 0 Å². The summed E-state index contributed by atoms with van der Waals surface area (Å²) in [6.45, 7) is 7.86. The van der Waals surface area contributed by atoms with E-state index in [0.717, 1.165) is 12.5 Å². The van der Waals surface area contributed by atoms with Crippen molar-refractivity contribution < 1.29 is 0 Å². The Morgan fingerprint density at radius 1 is 1.14 bits per heavy atom. The van der Waals surface area contributed by atoms with Crippen LogP contribution >= 0.6 is 0 Å². The van der Waals surface area contributed by atoms with E-state index in [1.54, 1.807) is 5.57 Å². The van der Waals surface area contributed by atoms with E-state index in [9.17, 15) is 0 Å². The maximum Gasteiger partial charge on any atom is 0.0342 e. The van der Waals surface area contributed by atoms with E-state index in [4.69, 9.17) is 0 Å². The first-order chi connectivity index (χ1) is 10.6. The second-order valence-corrected chi connectivity index (χ2v) is 7.02. The van der Waals surface area contributed by atoms with Crippen LogP contribution in [0, 0.1) is 5.92 Å². The molecule has 0 aliphatic heterocycles. The molecule has 2 atom stereocenters. The van der Waals surface area contributed by atoms with Crippen molar-refractivity contribution in [3.63, 3.8) is 0 Å². The molecule has 0 bridgehead atoms. The van der Waals surface area contributed by atoms with Crippen LogP contribution in [0.1, 0.15) is 52.9 Å². The fourth-order valence-electron chi connectivity index (χ4n) is 3.38. The molecular weight excluding hydrogens is 268 g/mol. The van der Waals surface area contributed by atoms with Gasteiger partial charge in [0.1, 0.15) is 0 Å². The standard InChI is InChI=1S/C20H32N2/c1-16(2)21-13-12-18-8-7-9-19(15-18)14-17(3)22-20-10-5-4-6-11-20/h4-6,8,10-11,16-17,19,21-22H,7,9,12-15H2,1-3H3. The van der Waals surface area contributed by atoms with Gasteiger partial charge >= 0.3 is 0 Å². The van der Waals surface area contributed by atoms with Crippen LogP contribution in [-0.2, 0) is 0 Å². The van der Waals surface area contributed by atoms with E-state index in [1.807, 2.05) is 0 Å². The average molecular weight is 300 g/mol. The molecule has 1 aliphatic rings. The number of nitrogens with one attached hydrogen (secondary N) is 2. The largest absolute Gasteiger partial charge is 0.383 e. The van der Waals surface area contributed by atoms with E-state index >= 15 is 0 Å². The summed E-state index contributed by atoms with van der Waals surface area (Å²) in [5, 5.41) is 7.16. The molecule has 0 saturated heterocycles. The molecule has 2 N–H and O–H groups in total. The average Bonchev–Trinajstić information content (AvgIpc) is 2.48. The minimum atomic E-state index is 0.542. The second-order valence-electron chi connectivity index (χ2n) is 7.02. The molecule has 0 heterocycles. The van der Waals surface area contributed by atoms with Gasteiger partial charge in [0.15, 0.2) is 0 Å². The highest BCUT2D eigenvalue weighted by Gasteiger charge is 2.18. The fourth-order valence-corrected chi connectivity index (χ4v) is 3.38. The second kappa shape index (κ2) is 8.99. The molecule has 0 fully saturated rings. The number of allylic oxidation sites excluding steroid dienone is 1. The molecule has 1 aliphatic carbocycles. The molecule has 0 saturated carbocycles. The van der Waals surface area contributed by atoms with Gasteiger partial charge in [-0.1, -0.05) is 43.7 Å². The molecule has 1 aromatic carbocycles. The van der Waals surface area contributed by atoms with Crippen molar-refractivity contribution in [2.45, 2.75) is 65.0 Å². The Kier molecular flexibility index (Phi) is 6.98. The third kappa shape index (κ3) is 6.23. The van der Waals surface area contributed by atoms with Crippen molar-refractivity contribution in [2.75, 3.05) is 11.9 Å². The highest BCUT2D eigenvalue weighted by Crippen LogP contribution is 2.29. The van der Waals surface area contributed by atoms with Crippen LogP contribution in [0.25, 0.3) is 0 Å². The van der Waals surface area contributed by atoms with E-state index in [0.29, 0.717) is 12.1 Å². The first-order valence-electron chi connectivity index (χ1n) is 8.86. The molecule has 2 rings (SSSR count). The zero-order chi connectivity index (χ0) is 15.8. The van der Waals surface area contributed by atoms with Crippen molar-refractivity contribution in [1.82, 2.24) is 5.32 Å². The summed E-state index contributed by atoms with van der Waals surface area (Å²) in [4.78, 5) is 0. The van der Waals surface area contributed by atoms with Gasteiger partial charge < -0.3 is 10.6 Å². The van der Waals surface area contributed by atoms with Crippen molar-refractivity contribution in [2.24, 2.45) is 5.92 Å². The molecular formula is C20H32N2. The van der Waals surface area contributed by atoms with Crippen LogP contribution < -0.4 is 10.6 Å². The SMILES string of the molecule is CC(C)NCCC1=CCCC(CC(C)Nc2ccccc2)C1. The van der Waals surface area contributed by atoms with Gasteiger partial charge in [0.25, 0.3) is 0 Å². The van der Waals surface area contributed by atoms with Crippen molar-refractivity contribution in [3.8, 4) is 0 Å². The van der Waals surface area contributed by atoms with Crippen LogP contribution in [0.2, 0.25) is 0 Å². The summed E-state index contributed by atoms with van der Waals surface area (Å²) in [6.07, 6.45) is 8.87. The molecule has 0 radical (unpaired) electrons. The molecule has 2 nitrogen and oxygen atoms in total. The molecule has 0 spiro atoms. The Labute approximate surface area is 136 Å². The topological polar surface area (TPSA) is 24.1 Å². The summed E-state index contributed by atoms with van der Waals surface area (Å²) in [6, 6.07) is 11.7. The number of benzene rings is 1. The Bertz CT molecular complexity index is 450. The van der Waals surface area contributed by atoms with Gasteiger partial charge in [-0.25, -0.2) is 0 Å². The number of anilines is 1. The molecule has 0 amide bonds. The highest BCUT2D eigenvalue weighted by molar-refractivity contribution is 5.43. The van der Waals surface area contributed by atoms with Crippen LogP contribution in [0.4, 0.5) is 5.69 Å². The smallest absolute Gasteiger partial charge is 0.0342 e. The van der Waals surface area contributed by atoms with E-state index in [1.165, 1.54) is 37.8 Å². The quantitative estimate of drug-likeness (QED) is 0.661. The maximum absolute atomic E-state index is 3.63. The monoisotopic (exact) mass is 300 g/mol. The molecule has 0 aromatic heterocycles. The predicted octanol–water partition coefficient (Wildman–Crippen LogP) is 4.99. The summed E-state index contributed by atoms with van der Waals surface area (Å²) in [5.74, 6) is 0.838. The van der Waals surface area contributed by atoms with Crippen LogP contribution in [-0.4, -0.2) is 18.6 Å². The molecule has 122 valence electrons. The number of hydrogen-bond donors (Lipinski definition) is 2. The van der Waals surface area contributed by atoms with Gasteiger partial charge in [-0.3, -0.25) is 0 Å². The Morgan fingerprint density at radius 3 is 2.64 bits per heavy atom. The number of para-hydroxylation sites is 1. The zero-order valence-corrected chi connectivity index (χ0v) is 14.4. The fraction of sp³-hybridized carbons (Fsp3) is 0.600. The van der Waals surface area contributed by atoms with Crippen LogP contribution in [0.5, 0.6) is 0 Å². The summed E-state index contributed by atoms with van der Waals surface area (Å²) in [7, 11) is 0. The van der Waals surface area contributed by atoms with E-state index in [-0.39, 0.29) is 0 Å². The third-order valence-corrected chi connectivity index (χ3v) is 4.43. The Morgan fingerprint density at radius 2 is 1.91 bits per heavy atom. The minimum Gasteiger partial charge on any atom is -0.383 e. The van der Waals surface area contributed by atoms with Gasteiger partial charge in [-0.2, -0.15) is 0 Å². The number of hydrogen-bond acceptors (Lipinski definition) is 2. The highest BCUT2D eigenvalue weighted by atomic mass is 14.9. The van der Waals surface area contributed by atoms with Gasteiger partial charge in [0.05, 0.1) is 0 Å². The molecule has 2 heteroatoms. The Balaban J connectivity index is 1.73. The van der Waals surface area contributed by atoms with E-state index < -0.39 is 0 Å². The van der Waals surface area contributed by atoms with E-state index in [2.05, 4.69) is 67.8 Å². The molecule has 2 unspecified atom stereocenters. The minimum absolute atomic E-state index is 0.542. The third-order valence-electron chi connectivity index (χ3n) is 4.43. The summed E-state index contributed by atoms with van der Waals surface area (Å²) in [5.41, 5.74) is 2.90. The first-order valence-corrected chi connectivity index (χ1v) is 8.86. The molecule has 1 aromatic rings. The predicted molar refractivity (Wildman–Crippen MR) is 97.3 cm³/mol. The van der Waals surface area contributed by atoms with Gasteiger partial charge in [0, 0.05) is 17.8 Å². The zero-order valence-electron chi connectivity index (χ0n) is 14.4. The van der Waals surface area contributed by atoms with Crippen molar-refractivity contribution >= 4 is 5.69 Å².